The summed E-state index contributed by atoms with van der Waals surface area (Å²) in [6.45, 7) is 0. The highest BCUT2D eigenvalue weighted by Crippen LogP contribution is 2.32. The minimum absolute atomic E-state index is 0.273. The maximum atomic E-state index is 12.9. The van der Waals surface area contributed by atoms with E-state index in [1.165, 1.54) is 12.1 Å². The number of hydrogen-bond acceptors (Lipinski definition) is 3. The fourth-order valence-electron chi connectivity index (χ4n) is 1.13. The Morgan fingerprint density at radius 1 is 1.33 bits per heavy atom. The normalized spacial score (nSPS) is 10.6. The summed E-state index contributed by atoms with van der Waals surface area (Å²) in [4.78, 5) is 0. The second kappa shape index (κ2) is 4.24. The van der Waals surface area contributed by atoms with Crippen molar-refractivity contribution >= 4 is 51.0 Å². The Hall–Kier alpha value is -0.380. The first kappa shape index (κ1) is 11.1. The van der Waals surface area contributed by atoms with Gasteiger partial charge in [-0.3, -0.25) is 0 Å². The van der Waals surface area contributed by atoms with Gasteiger partial charge in [-0.2, -0.15) is 0 Å². The Bertz CT molecular complexity index is 513. The van der Waals surface area contributed by atoms with E-state index in [0.29, 0.717) is 11.6 Å². The van der Waals surface area contributed by atoms with Gasteiger partial charge in [-0.05, 0) is 63.4 Å². The van der Waals surface area contributed by atoms with Crippen LogP contribution in [0.3, 0.4) is 0 Å². The van der Waals surface area contributed by atoms with Crippen molar-refractivity contribution in [2.45, 2.75) is 0 Å². The van der Waals surface area contributed by atoms with Crippen molar-refractivity contribution in [3.63, 3.8) is 0 Å². The van der Waals surface area contributed by atoms with Gasteiger partial charge in [-0.1, -0.05) is 5.16 Å². The molecule has 0 fully saturated rings. The van der Waals surface area contributed by atoms with Gasteiger partial charge in [0.15, 0.2) is 11.6 Å². The van der Waals surface area contributed by atoms with Gasteiger partial charge in [0, 0.05) is 9.13 Å². The molecular formula is C9H5FI2N2O. The highest BCUT2D eigenvalue weighted by molar-refractivity contribution is 14.1. The second-order valence-electron chi connectivity index (χ2n) is 2.84. The Labute approximate surface area is 112 Å². The largest absolute Gasteiger partial charge is 0.380 e. The van der Waals surface area contributed by atoms with Crippen LogP contribution in [0.15, 0.2) is 22.7 Å². The predicted octanol–water partition coefficient (Wildman–Crippen LogP) is 3.27. The lowest BCUT2D eigenvalue weighted by Gasteiger charge is -2.00. The molecule has 0 saturated heterocycles. The summed E-state index contributed by atoms with van der Waals surface area (Å²) in [6, 6.07) is 4.47. The van der Waals surface area contributed by atoms with Crippen LogP contribution >= 0.6 is 45.2 Å². The number of nitrogens with two attached hydrogens (primary N) is 1. The molecule has 0 unspecified atom stereocenters. The van der Waals surface area contributed by atoms with Gasteiger partial charge in [0.1, 0.15) is 9.39 Å². The molecule has 2 aromatic rings. The van der Waals surface area contributed by atoms with Crippen molar-refractivity contribution in [1.82, 2.24) is 5.16 Å². The van der Waals surface area contributed by atoms with Crippen LogP contribution < -0.4 is 5.73 Å². The first-order chi connectivity index (χ1) is 7.09. The first-order valence-electron chi connectivity index (χ1n) is 3.95. The average molecular weight is 430 g/mol. The minimum Gasteiger partial charge on any atom is -0.380 e. The summed E-state index contributed by atoms with van der Waals surface area (Å²) >= 11 is 4.09. The van der Waals surface area contributed by atoms with E-state index in [-0.39, 0.29) is 5.82 Å². The summed E-state index contributed by atoms with van der Waals surface area (Å²) in [5.41, 5.74) is 6.37. The zero-order valence-corrected chi connectivity index (χ0v) is 11.6. The first-order valence-corrected chi connectivity index (χ1v) is 6.11. The molecule has 15 heavy (non-hydrogen) atoms. The van der Waals surface area contributed by atoms with Crippen LogP contribution in [0, 0.1) is 13.0 Å². The topological polar surface area (TPSA) is 52.0 Å². The molecule has 0 spiro atoms. The molecule has 2 N–H and O–H groups in total. The number of anilines is 1. The Kier molecular flexibility index (Phi) is 3.14. The van der Waals surface area contributed by atoms with Crippen LogP contribution in [0.1, 0.15) is 0 Å². The average Bonchev–Trinajstić information content (AvgIpc) is 2.49. The fraction of sp³-hybridized carbons (Fsp3) is 0. The molecule has 0 aliphatic rings. The predicted molar refractivity (Wildman–Crippen MR) is 71.7 cm³/mol. The molecule has 78 valence electrons. The van der Waals surface area contributed by atoms with Crippen LogP contribution in [-0.4, -0.2) is 5.16 Å². The standard InChI is InChI=1S/C9H5FI2N2O/c10-4-1-2-5(6(11)3-4)8-7(12)9(13)14-15-8/h1-3H,(H2,13,14). The maximum Gasteiger partial charge on any atom is 0.183 e. The monoisotopic (exact) mass is 430 g/mol. The molecule has 0 amide bonds. The quantitative estimate of drug-likeness (QED) is 0.708. The van der Waals surface area contributed by atoms with Crippen LogP contribution in [-0.2, 0) is 0 Å². The summed E-state index contributed by atoms with van der Waals surface area (Å²) in [5, 5.41) is 3.65. The molecule has 0 aliphatic carbocycles. The van der Waals surface area contributed by atoms with Crippen molar-refractivity contribution in [2.75, 3.05) is 5.73 Å². The lowest BCUT2D eigenvalue weighted by atomic mass is 10.2. The third-order valence-corrected chi connectivity index (χ3v) is 3.77. The third-order valence-electron chi connectivity index (χ3n) is 1.84. The van der Waals surface area contributed by atoms with Gasteiger partial charge >= 0.3 is 0 Å². The van der Waals surface area contributed by atoms with Gasteiger partial charge in [0.25, 0.3) is 0 Å². The third kappa shape index (κ3) is 2.10. The summed E-state index contributed by atoms with van der Waals surface area (Å²) in [5.74, 6) is 0.661. The molecule has 6 heteroatoms. The molecule has 0 atom stereocenters. The van der Waals surface area contributed by atoms with E-state index >= 15 is 0 Å². The number of nitrogens with zero attached hydrogens (tertiary/aromatic N) is 1. The van der Waals surface area contributed by atoms with Crippen molar-refractivity contribution < 1.29 is 8.91 Å². The van der Waals surface area contributed by atoms with Gasteiger partial charge < -0.3 is 10.3 Å². The van der Waals surface area contributed by atoms with Crippen molar-refractivity contribution in [2.24, 2.45) is 0 Å². The maximum absolute atomic E-state index is 12.9. The van der Waals surface area contributed by atoms with E-state index in [1.807, 2.05) is 22.6 Å². The molecule has 0 bridgehead atoms. The number of rotatable bonds is 1. The summed E-state index contributed by atoms with van der Waals surface area (Å²) in [6.07, 6.45) is 0. The van der Waals surface area contributed by atoms with Gasteiger partial charge in [-0.25, -0.2) is 4.39 Å². The number of hydrogen-bond donors (Lipinski definition) is 1. The molecule has 1 aromatic carbocycles. The number of aromatic nitrogens is 1. The zero-order chi connectivity index (χ0) is 11.0. The van der Waals surface area contributed by atoms with E-state index in [9.17, 15) is 4.39 Å². The Morgan fingerprint density at radius 2 is 2.07 bits per heavy atom. The molecule has 2 rings (SSSR count). The summed E-state index contributed by atoms with van der Waals surface area (Å²) in [7, 11) is 0. The number of benzene rings is 1. The van der Waals surface area contributed by atoms with Crippen molar-refractivity contribution in [1.29, 1.82) is 0 Å². The van der Waals surface area contributed by atoms with Crippen LogP contribution in [0.25, 0.3) is 11.3 Å². The zero-order valence-electron chi connectivity index (χ0n) is 7.30. The molecule has 1 heterocycles. The summed E-state index contributed by atoms with van der Waals surface area (Å²) < 4.78 is 19.5. The lowest BCUT2D eigenvalue weighted by Crippen LogP contribution is -1.88. The highest BCUT2D eigenvalue weighted by Gasteiger charge is 2.15. The fourth-order valence-corrected chi connectivity index (χ4v) is 2.34. The van der Waals surface area contributed by atoms with E-state index < -0.39 is 0 Å². The minimum atomic E-state index is -0.273. The lowest BCUT2D eigenvalue weighted by molar-refractivity contribution is 0.435. The van der Waals surface area contributed by atoms with E-state index in [0.717, 1.165) is 12.7 Å². The number of nitrogen functional groups attached to an aromatic ring is 1. The van der Waals surface area contributed by atoms with E-state index in [4.69, 9.17) is 10.3 Å². The van der Waals surface area contributed by atoms with Crippen molar-refractivity contribution in [3.8, 4) is 11.3 Å². The van der Waals surface area contributed by atoms with Crippen LogP contribution in [0.5, 0.6) is 0 Å². The Balaban J connectivity index is 2.59. The smallest absolute Gasteiger partial charge is 0.183 e. The second-order valence-corrected chi connectivity index (χ2v) is 5.08. The van der Waals surface area contributed by atoms with E-state index in [2.05, 4.69) is 27.7 Å². The van der Waals surface area contributed by atoms with Gasteiger partial charge in [0.05, 0.1) is 0 Å². The van der Waals surface area contributed by atoms with Gasteiger partial charge in [-0.15, -0.1) is 0 Å². The SMILES string of the molecule is Nc1noc(-c2ccc(F)cc2I)c1I. The molecule has 0 saturated carbocycles. The van der Waals surface area contributed by atoms with Gasteiger partial charge in [0.2, 0.25) is 0 Å². The highest BCUT2D eigenvalue weighted by atomic mass is 127. The van der Waals surface area contributed by atoms with Crippen LogP contribution in [0.4, 0.5) is 10.2 Å². The van der Waals surface area contributed by atoms with E-state index in [1.54, 1.807) is 6.07 Å². The van der Waals surface area contributed by atoms with Crippen LogP contribution in [0.2, 0.25) is 0 Å². The molecule has 1 aromatic heterocycles. The molecule has 0 radical (unpaired) electrons. The number of halogens is 3. The molecule has 0 aliphatic heterocycles. The van der Waals surface area contributed by atoms with Crippen molar-refractivity contribution in [3.05, 3.63) is 31.2 Å². The molecular weight excluding hydrogens is 425 g/mol. The Morgan fingerprint density at radius 3 is 2.60 bits per heavy atom. The molecule has 3 nitrogen and oxygen atoms in total.